The molecule has 8 heteroatoms. The second-order valence-electron chi connectivity index (χ2n) is 7.74. The van der Waals surface area contributed by atoms with Crippen molar-refractivity contribution < 1.29 is 22.4 Å². The fourth-order valence-corrected chi connectivity index (χ4v) is 3.75. The zero-order valence-electron chi connectivity index (χ0n) is 17.6. The van der Waals surface area contributed by atoms with E-state index >= 15 is 0 Å². The molecule has 1 N–H and O–H groups in total. The smallest absolute Gasteiger partial charge is 0.370 e. The lowest BCUT2D eigenvalue weighted by atomic mass is 9.98. The van der Waals surface area contributed by atoms with Crippen LogP contribution in [-0.4, -0.2) is 24.0 Å². The molecule has 0 aliphatic carbocycles. The van der Waals surface area contributed by atoms with Gasteiger partial charge in [-0.3, -0.25) is 4.79 Å². The number of alkyl halides is 3. The van der Waals surface area contributed by atoms with Gasteiger partial charge in [0.25, 0.3) is 5.91 Å². The molecule has 2 heterocycles. The molecule has 1 fully saturated rings. The van der Waals surface area contributed by atoms with Crippen LogP contribution in [0.4, 0.5) is 28.9 Å². The molecule has 0 radical (unpaired) electrons. The summed E-state index contributed by atoms with van der Waals surface area (Å²) in [6.45, 7) is 1.17. The van der Waals surface area contributed by atoms with E-state index in [2.05, 4.69) is 15.2 Å². The second kappa shape index (κ2) is 9.44. The number of halogens is 4. The van der Waals surface area contributed by atoms with Crippen LogP contribution in [0.1, 0.15) is 34.5 Å². The number of aromatic nitrogens is 1. The van der Waals surface area contributed by atoms with Crippen LogP contribution in [-0.2, 0) is 6.18 Å². The van der Waals surface area contributed by atoms with Gasteiger partial charge in [0.2, 0.25) is 0 Å². The van der Waals surface area contributed by atoms with Gasteiger partial charge in [0.15, 0.2) is 0 Å². The van der Waals surface area contributed by atoms with Gasteiger partial charge in [-0.25, -0.2) is 9.37 Å². The third-order valence-corrected chi connectivity index (χ3v) is 5.46. The third kappa shape index (κ3) is 5.58. The first-order valence-corrected chi connectivity index (χ1v) is 10.4. The Hall–Kier alpha value is -3.68. The fraction of sp³-hybridized carbons (Fsp3) is 0.200. The molecule has 1 aliphatic heterocycles. The highest BCUT2D eigenvalue weighted by molar-refractivity contribution is 6.02. The molecule has 1 saturated heterocycles. The second-order valence-corrected chi connectivity index (χ2v) is 7.74. The average molecular weight is 455 g/mol. The van der Waals surface area contributed by atoms with E-state index in [1.54, 1.807) is 30.5 Å². The van der Waals surface area contributed by atoms with Crippen molar-refractivity contribution in [2.24, 2.45) is 0 Å². The highest BCUT2D eigenvalue weighted by Crippen LogP contribution is 2.34. The molecular formula is C25H21F4N3O. The number of hydrogen-bond donors (Lipinski definition) is 1. The lowest BCUT2D eigenvalue weighted by Gasteiger charge is -2.30. The number of carbonyl (C=O) groups excluding carboxylic acids is 1. The summed E-state index contributed by atoms with van der Waals surface area (Å²) in [6.07, 6.45) is -0.392. The zero-order valence-corrected chi connectivity index (χ0v) is 17.6. The molecule has 0 unspecified atom stereocenters. The number of piperidine rings is 1. The summed E-state index contributed by atoms with van der Waals surface area (Å²) < 4.78 is 53.2. The topological polar surface area (TPSA) is 45.2 Å². The summed E-state index contributed by atoms with van der Waals surface area (Å²) in [5.41, 5.74) is 1.62. The Labute approximate surface area is 188 Å². The number of amides is 1. The number of anilines is 2. The van der Waals surface area contributed by atoms with Gasteiger partial charge in [-0.15, -0.1) is 0 Å². The monoisotopic (exact) mass is 455 g/mol. The van der Waals surface area contributed by atoms with E-state index in [0.29, 0.717) is 31.6 Å². The van der Waals surface area contributed by atoms with E-state index in [9.17, 15) is 22.4 Å². The van der Waals surface area contributed by atoms with Crippen LogP contribution in [0.25, 0.3) is 6.08 Å². The molecule has 1 aromatic heterocycles. The molecule has 170 valence electrons. The summed E-state index contributed by atoms with van der Waals surface area (Å²) in [5, 5.41) is 2.78. The van der Waals surface area contributed by atoms with Crippen LogP contribution in [0, 0.1) is 5.82 Å². The van der Waals surface area contributed by atoms with Crippen molar-refractivity contribution in [3.8, 4) is 0 Å². The Kier molecular flexibility index (Phi) is 6.44. The van der Waals surface area contributed by atoms with Crippen molar-refractivity contribution in [1.29, 1.82) is 0 Å². The number of hydrogen-bond acceptors (Lipinski definition) is 3. The van der Waals surface area contributed by atoms with E-state index in [-0.39, 0.29) is 17.2 Å². The Morgan fingerprint density at radius 3 is 2.36 bits per heavy atom. The third-order valence-electron chi connectivity index (χ3n) is 5.46. The summed E-state index contributed by atoms with van der Waals surface area (Å²) in [7, 11) is 0. The minimum absolute atomic E-state index is 0.151. The zero-order chi connectivity index (χ0) is 23.4. The summed E-state index contributed by atoms with van der Waals surface area (Å²) in [6, 6.07) is 15.0. The van der Waals surface area contributed by atoms with Crippen LogP contribution in [0.2, 0.25) is 0 Å². The van der Waals surface area contributed by atoms with Crippen molar-refractivity contribution in [3.05, 3.63) is 95.1 Å². The maximum absolute atomic E-state index is 13.5. The number of nitrogens with one attached hydrogen (secondary N) is 1. The van der Waals surface area contributed by atoms with Crippen molar-refractivity contribution >= 4 is 23.4 Å². The first kappa shape index (κ1) is 22.5. The predicted molar refractivity (Wildman–Crippen MR) is 119 cm³/mol. The average Bonchev–Trinajstić information content (AvgIpc) is 2.80. The lowest BCUT2D eigenvalue weighted by Crippen LogP contribution is -2.30. The van der Waals surface area contributed by atoms with Gasteiger partial charge in [0.05, 0.1) is 17.4 Å². The molecule has 0 atom stereocenters. The SMILES string of the molecule is O=C(Nc1ccccc1)c1ccc(N2CCC(=Cc3cc(F)ccc3C(F)(F)F)CC2)cn1. The molecule has 4 rings (SSSR count). The van der Waals surface area contributed by atoms with Crippen LogP contribution < -0.4 is 10.2 Å². The van der Waals surface area contributed by atoms with Crippen LogP contribution in [0.15, 0.2) is 72.4 Å². The fourth-order valence-electron chi connectivity index (χ4n) is 3.75. The first-order chi connectivity index (χ1) is 15.8. The minimum atomic E-state index is -4.54. The summed E-state index contributed by atoms with van der Waals surface area (Å²) >= 11 is 0. The maximum atomic E-state index is 13.5. The molecule has 0 saturated carbocycles. The minimum Gasteiger partial charge on any atom is -0.370 e. The van der Waals surface area contributed by atoms with Crippen molar-refractivity contribution in [1.82, 2.24) is 4.98 Å². The van der Waals surface area contributed by atoms with E-state index in [0.717, 1.165) is 29.5 Å². The predicted octanol–water partition coefficient (Wildman–Crippen LogP) is 6.18. The number of carbonyl (C=O) groups is 1. The maximum Gasteiger partial charge on any atom is 0.416 e. The van der Waals surface area contributed by atoms with E-state index < -0.39 is 17.6 Å². The van der Waals surface area contributed by atoms with Gasteiger partial charge in [-0.05, 0) is 60.9 Å². The normalized spacial score (nSPS) is 14.2. The summed E-state index contributed by atoms with van der Waals surface area (Å²) in [4.78, 5) is 18.6. The molecule has 4 nitrogen and oxygen atoms in total. The molecule has 1 amide bonds. The first-order valence-electron chi connectivity index (χ1n) is 10.4. The molecule has 33 heavy (non-hydrogen) atoms. The van der Waals surface area contributed by atoms with Gasteiger partial charge in [0, 0.05) is 18.8 Å². The highest BCUT2D eigenvalue weighted by Gasteiger charge is 2.33. The van der Waals surface area contributed by atoms with Crippen molar-refractivity contribution in [2.45, 2.75) is 19.0 Å². The summed E-state index contributed by atoms with van der Waals surface area (Å²) in [5.74, 6) is -1.01. The van der Waals surface area contributed by atoms with E-state index in [4.69, 9.17) is 0 Å². The van der Waals surface area contributed by atoms with Crippen LogP contribution >= 0.6 is 0 Å². The van der Waals surface area contributed by atoms with Gasteiger partial charge in [-0.2, -0.15) is 13.2 Å². The van der Waals surface area contributed by atoms with Crippen LogP contribution in [0.3, 0.4) is 0 Å². The van der Waals surface area contributed by atoms with E-state index in [1.165, 1.54) is 6.08 Å². The molecule has 2 aromatic carbocycles. The number of rotatable bonds is 4. The van der Waals surface area contributed by atoms with Gasteiger partial charge in [0.1, 0.15) is 11.5 Å². The quantitative estimate of drug-likeness (QED) is 0.478. The molecule has 0 spiro atoms. The Bertz CT molecular complexity index is 1150. The Morgan fingerprint density at radius 2 is 1.73 bits per heavy atom. The molecule has 1 aliphatic rings. The largest absolute Gasteiger partial charge is 0.416 e. The standard InChI is InChI=1S/C25H21F4N3O/c26-19-6-8-22(25(27,28)29)18(15-19)14-17-10-12-32(13-11-17)21-7-9-23(30-16-21)24(33)31-20-4-2-1-3-5-20/h1-9,14-16H,10-13H2,(H,31,33). The van der Waals surface area contributed by atoms with Crippen molar-refractivity contribution in [3.63, 3.8) is 0 Å². The Morgan fingerprint density at radius 1 is 1.00 bits per heavy atom. The highest BCUT2D eigenvalue weighted by atomic mass is 19.4. The molecule has 3 aromatic rings. The number of pyridine rings is 1. The van der Waals surface area contributed by atoms with E-state index in [1.807, 2.05) is 18.2 Å². The van der Waals surface area contributed by atoms with Crippen LogP contribution in [0.5, 0.6) is 0 Å². The lowest BCUT2D eigenvalue weighted by molar-refractivity contribution is -0.137. The Balaban J connectivity index is 1.40. The number of para-hydroxylation sites is 1. The van der Waals surface area contributed by atoms with Gasteiger partial charge < -0.3 is 10.2 Å². The van der Waals surface area contributed by atoms with Gasteiger partial charge in [-0.1, -0.05) is 29.8 Å². The molecular weight excluding hydrogens is 434 g/mol. The molecule has 0 bridgehead atoms. The number of nitrogens with zero attached hydrogens (tertiary/aromatic N) is 2. The van der Waals surface area contributed by atoms with Gasteiger partial charge >= 0.3 is 6.18 Å². The van der Waals surface area contributed by atoms with Crippen molar-refractivity contribution in [2.75, 3.05) is 23.3 Å². The number of benzene rings is 2.